The Morgan fingerprint density at radius 3 is 1.25 bits per heavy atom. The Kier molecular flexibility index (Phi) is 52.9. The van der Waals surface area contributed by atoms with E-state index < -0.39 is 0 Å². The fourth-order valence-electron chi connectivity index (χ4n) is 0. The summed E-state index contributed by atoms with van der Waals surface area (Å²) in [6, 6.07) is 0. The van der Waals surface area contributed by atoms with E-state index in [4.69, 9.17) is 4.56 Å². The van der Waals surface area contributed by atoms with E-state index in [2.05, 4.69) is 0 Å². The van der Waals surface area contributed by atoms with Gasteiger partial charge in [0.05, 0.1) is 0 Å². The summed E-state index contributed by atoms with van der Waals surface area (Å²) in [4.78, 5) is 0. The van der Waals surface area contributed by atoms with Crippen molar-refractivity contribution in [2.45, 2.75) is 0 Å². The molecule has 0 amide bonds. The molecule has 0 aromatic heterocycles. The van der Waals surface area contributed by atoms with Crippen LogP contribution in [-0.4, -0.2) is 0 Å². The summed E-state index contributed by atoms with van der Waals surface area (Å²) in [5.74, 6) is 0. The van der Waals surface area contributed by atoms with Crippen molar-refractivity contribution >= 4 is 0 Å². The summed E-state index contributed by atoms with van der Waals surface area (Å²) in [6.07, 6.45) is 0. The van der Waals surface area contributed by atoms with Gasteiger partial charge in [0.15, 0.2) is 0 Å². The molecular formula is GdMoO2. The summed E-state index contributed by atoms with van der Waals surface area (Å²) < 4.78 is 16.5. The quantitative estimate of drug-likeness (QED) is 0.576. The van der Waals surface area contributed by atoms with E-state index in [1.165, 1.54) is 0 Å². The van der Waals surface area contributed by atoms with Crippen LogP contribution in [0.5, 0.6) is 0 Å². The summed E-state index contributed by atoms with van der Waals surface area (Å²) in [5, 5.41) is 0. The fraction of sp³-hybridized carbons (Fsp3) is 0. The van der Waals surface area contributed by atoms with Crippen LogP contribution in [0.4, 0.5) is 0 Å². The standard InChI is InChI=1S/Gd.Mo.2O. The first-order valence-electron chi connectivity index (χ1n) is 0.311. The van der Waals surface area contributed by atoms with E-state index in [9.17, 15) is 0 Å². The topological polar surface area (TPSA) is 34.1 Å². The van der Waals surface area contributed by atoms with Gasteiger partial charge >= 0.3 is 62.4 Å². The number of rotatable bonds is 0. The van der Waals surface area contributed by atoms with E-state index in [1.54, 1.807) is 0 Å². The predicted molar refractivity (Wildman–Crippen MR) is 1.37 cm³/mol. The molecule has 0 saturated heterocycles. The minimum absolute atomic E-state index is 0.611. The van der Waals surface area contributed by atoms with Crippen molar-refractivity contribution in [1.82, 2.24) is 0 Å². The Balaban J connectivity index is 0. The third-order valence-corrected chi connectivity index (χ3v) is 0. The van der Waals surface area contributed by atoms with Gasteiger partial charge in [-0.1, -0.05) is 0 Å². The molecule has 0 atom stereocenters. The summed E-state index contributed by atoms with van der Waals surface area (Å²) >= 11 is 1.31. The maximum absolute atomic E-state index is 8.28. The second-order valence-electron chi connectivity index (χ2n) is 0. The molecule has 0 saturated carbocycles. The van der Waals surface area contributed by atoms with E-state index in [1.807, 2.05) is 0 Å². The van der Waals surface area contributed by atoms with Crippen LogP contribution in [0.25, 0.3) is 0 Å². The van der Waals surface area contributed by atoms with Gasteiger partial charge in [0.25, 0.3) is 0 Å². The van der Waals surface area contributed by atoms with Crippen LogP contribution in [0.1, 0.15) is 0 Å². The molecule has 0 aliphatic rings. The zero-order valence-corrected chi connectivity index (χ0v) is 5.85. The first-order chi connectivity index (χ1) is 2.00. The van der Waals surface area contributed by atoms with Gasteiger partial charge in [0.1, 0.15) is 0 Å². The third kappa shape index (κ3) is 9.48. The van der Waals surface area contributed by atoms with Gasteiger partial charge in [-0.05, 0) is 0 Å². The van der Waals surface area contributed by atoms with Crippen molar-refractivity contribution in [1.29, 1.82) is 0 Å². The zero-order valence-electron chi connectivity index (χ0n) is 1.58. The van der Waals surface area contributed by atoms with Crippen molar-refractivity contribution in [2.24, 2.45) is 0 Å². The summed E-state index contributed by atoms with van der Waals surface area (Å²) in [6.45, 7) is 0. The van der Waals surface area contributed by atoms with Gasteiger partial charge in [0.2, 0.25) is 0 Å². The van der Waals surface area contributed by atoms with Crippen LogP contribution in [0.3, 0.4) is 0 Å². The molecule has 2 nitrogen and oxygen atoms in total. The molecule has 0 radical (unpaired) electrons. The molecule has 0 N–H and O–H groups in total. The van der Waals surface area contributed by atoms with Crippen molar-refractivity contribution < 1.29 is 62.4 Å². The van der Waals surface area contributed by atoms with Crippen LogP contribution in [-0.2, 0) is 24.3 Å². The van der Waals surface area contributed by atoms with Crippen LogP contribution >= 0.6 is 0 Å². The van der Waals surface area contributed by atoms with E-state index in [0.717, 1.165) is 0 Å². The normalized spacial score (nSPS) is 2.25. The Morgan fingerprint density at radius 2 is 1.25 bits per heavy atom. The molecule has 0 bridgehead atoms. The fourth-order valence-corrected chi connectivity index (χ4v) is 0. The van der Waals surface area contributed by atoms with Gasteiger partial charge in [-0.15, -0.1) is 0 Å². The SMILES string of the molecule is [O]=[Gd].[O]=[Mo]. The molecule has 0 aromatic rings. The molecular weight excluding hydrogens is 285 g/mol. The molecule has 0 aliphatic heterocycles. The van der Waals surface area contributed by atoms with Gasteiger partial charge in [-0.3, -0.25) is 0 Å². The molecule has 0 aliphatic carbocycles. The summed E-state index contributed by atoms with van der Waals surface area (Å²) in [7, 11) is 0. The van der Waals surface area contributed by atoms with E-state index in [0.29, 0.717) is 57.8 Å². The van der Waals surface area contributed by atoms with Gasteiger partial charge in [-0.25, -0.2) is 0 Å². The molecule has 4 heavy (non-hydrogen) atoms. The predicted octanol–water partition coefficient (Wildman–Crippen LogP) is -0.240. The molecule has 0 aromatic carbocycles. The van der Waals surface area contributed by atoms with Crippen LogP contribution < -0.4 is 0 Å². The molecule has 26 valence electrons. The molecule has 0 unspecified atom stereocenters. The van der Waals surface area contributed by atoms with Crippen molar-refractivity contribution in [3.63, 3.8) is 0 Å². The third-order valence-electron chi connectivity index (χ3n) is 0. The van der Waals surface area contributed by atoms with E-state index >= 15 is 0 Å². The molecule has 0 fully saturated rings. The monoisotopic (exact) mass is 288 g/mol. The average molecular weight is 285 g/mol. The summed E-state index contributed by atoms with van der Waals surface area (Å²) in [5.41, 5.74) is 0. The average Bonchev–Trinajstić information content (AvgIpc) is 1.50. The van der Waals surface area contributed by atoms with Crippen LogP contribution in [0.15, 0.2) is 0 Å². The first-order valence-corrected chi connectivity index (χ1v) is 2.06. The second-order valence-corrected chi connectivity index (χ2v) is 0. The zero-order chi connectivity index (χ0) is 4.00. The molecule has 0 heterocycles. The van der Waals surface area contributed by atoms with Gasteiger partial charge in [-0.2, -0.15) is 0 Å². The van der Waals surface area contributed by atoms with E-state index in [-0.39, 0.29) is 0 Å². The van der Waals surface area contributed by atoms with Crippen molar-refractivity contribution in [3.05, 3.63) is 0 Å². The van der Waals surface area contributed by atoms with Crippen molar-refractivity contribution in [3.8, 4) is 0 Å². The van der Waals surface area contributed by atoms with Gasteiger partial charge in [0, 0.05) is 0 Å². The van der Waals surface area contributed by atoms with Crippen LogP contribution in [0, 0.1) is 38.0 Å². The number of hydrogen-bond donors (Lipinski definition) is 0. The second kappa shape index (κ2) is 23.1. The molecule has 4 heteroatoms. The van der Waals surface area contributed by atoms with Crippen LogP contribution in [0.2, 0.25) is 0 Å². The Morgan fingerprint density at radius 1 is 1.25 bits per heavy atom. The van der Waals surface area contributed by atoms with Crippen molar-refractivity contribution in [2.75, 3.05) is 0 Å². The van der Waals surface area contributed by atoms with Gasteiger partial charge < -0.3 is 0 Å². The number of hydrogen-bond acceptors (Lipinski definition) is 2. The minimum atomic E-state index is 0.611. The first kappa shape index (κ1) is 9.15. The molecule has 0 rings (SSSR count). The Bertz CT molecular complexity index is 8.00. The Labute approximate surface area is 61.3 Å². The molecule has 0 spiro atoms. The maximum atomic E-state index is 8.28. The Hall–Kier alpha value is 1.61.